The topological polar surface area (TPSA) is 46.2 Å². The molecule has 0 atom stereocenters. The summed E-state index contributed by atoms with van der Waals surface area (Å²) >= 11 is 0. The van der Waals surface area contributed by atoms with Gasteiger partial charge in [-0.1, -0.05) is 24.3 Å². The van der Waals surface area contributed by atoms with Crippen LogP contribution in [-0.4, -0.2) is 11.8 Å². The number of carbonyl (C=O) groups is 2. The van der Waals surface area contributed by atoms with Crippen molar-refractivity contribution in [2.45, 2.75) is 0 Å². The fourth-order valence-electron chi connectivity index (χ4n) is 1.85. The Labute approximate surface area is 85.7 Å². The lowest BCUT2D eigenvalue weighted by Crippen LogP contribution is -2.19. The molecule has 3 heteroatoms. The highest BCUT2D eigenvalue weighted by molar-refractivity contribution is 6.26. The first-order valence-corrected chi connectivity index (χ1v) is 4.56. The first kappa shape index (κ1) is 8.17. The second kappa shape index (κ2) is 2.67. The van der Waals surface area contributed by atoms with E-state index in [1.165, 1.54) is 0 Å². The summed E-state index contributed by atoms with van der Waals surface area (Å²) in [7, 11) is 0. The molecule has 2 amide bonds. The number of hydrogen-bond donors (Lipinski definition) is 1. The van der Waals surface area contributed by atoms with Gasteiger partial charge in [0, 0.05) is 0 Å². The molecule has 0 aliphatic carbocycles. The average Bonchev–Trinajstić information content (AvgIpc) is 2.55. The predicted molar refractivity (Wildman–Crippen MR) is 54.6 cm³/mol. The summed E-state index contributed by atoms with van der Waals surface area (Å²) in [6.45, 7) is 0. The summed E-state index contributed by atoms with van der Waals surface area (Å²) in [6, 6.07) is 12.0. The van der Waals surface area contributed by atoms with Gasteiger partial charge in [0.1, 0.15) is 0 Å². The minimum Gasteiger partial charge on any atom is -0.288 e. The third kappa shape index (κ3) is 1.00. The highest BCUT2D eigenvalue weighted by Crippen LogP contribution is 2.25. The van der Waals surface area contributed by atoms with Crippen LogP contribution in [0.3, 0.4) is 0 Å². The second-order valence-corrected chi connectivity index (χ2v) is 3.41. The molecular weight excluding hydrogens is 190 g/mol. The van der Waals surface area contributed by atoms with Crippen LogP contribution in [0.5, 0.6) is 0 Å². The van der Waals surface area contributed by atoms with E-state index in [9.17, 15) is 9.59 Å². The van der Waals surface area contributed by atoms with Crippen molar-refractivity contribution in [3.8, 4) is 0 Å². The van der Waals surface area contributed by atoms with Crippen molar-refractivity contribution in [1.82, 2.24) is 5.32 Å². The molecule has 2 aromatic carbocycles. The summed E-state index contributed by atoms with van der Waals surface area (Å²) in [5, 5.41) is 3.90. The number of amides is 2. The quantitative estimate of drug-likeness (QED) is 0.649. The Balaban J connectivity index is 2.49. The zero-order chi connectivity index (χ0) is 10.4. The van der Waals surface area contributed by atoms with Gasteiger partial charge in [0.05, 0.1) is 11.1 Å². The van der Waals surface area contributed by atoms with E-state index in [1.54, 1.807) is 6.07 Å². The maximum atomic E-state index is 11.5. The zero-order valence-electron chi connectivity index (χ0n) is 7.70. The van der Waals surface area contributed by atoms with Crippen LogP contribution in [0.15, 0.2) is 30.3 Å². The molecule has 2 aromatic rings. The highest BCUT2D eigenvalue weighted by atomic mass is 16.2. The molecule has 0 aromatic heterocycles. The zero-order valence-corrected chi connectivity index (χ0v) is 7.70. The van der Waals surface area contributed by atoms with Crippen molar-refractivity contribution in [2.24, 2.45) is 0 Å². The molecule has 3 nitrogen and oxygen atoms in total. The van der Waals surface area contributed by atoms with Gasteiger partial charge < -0.3 is 0 Å². The van der Waals surface area contributed by atoms with Crippen molar-refractivity contribution in [1.29, 1.82) is 0 Å². The average molecular weight is 196 g/mol. The molecular formula is C12H6NO2. The molecule has 0 bridgehead atoms. The van der Waals surface area contributed by atoms with Crippen LogP contribution in [0, 0.1) is 6.07 Å². The van der Waals surface area contributed by atoms with Crippen LogP contribution in [0.4, 0.5) is 0 Å². The van der Waals surface area contributed by atoms with Gasteiger partial charge in [0.25, 0.3) is 11.8 Å². The third-order valence-electron chi connectivity index (χ3n) is 2.54. The van der Waals surface area contributed by atoms with Gasteiger partial charge in [-0.3, -0.25) is 14.9 Å². The van der Waals surface area contributed by atoms with E-state index < -0.39 is 0 Å². The molecule has 1 radical (unpaired) electrons. The monoisotopic (exact) mass is 196 g/mol. The molecule has 0 saturated carbocycles. The highest BCUT2D eigenvalue weighted by Gasteiger charge is 2.28. The molecule has 1 aliphatic heterocycles. The number of nitrogens with one attached hydrogen (secondary N) is 1. The Bertz CT molecular complexity index is 602. The molecule has 1 heterocycles. The van der Waals surface area contributed by atoms with Gasteiger partial charge in [-0.2, -0.15) is 0 Å². The molecule has 1 aliphatic rings. The van der Waals surface area contributed by atoms with Crippen molar-refractivity contribution < 1.29 is 9.59 Å². The fourth-order valence-corrected chi connectivity index (χ4v) is 1.85. The second-order valence-electron chi connectivity index (χ2n) is 3.41. The summed E-state index contributed by atoms with van der Waals surface area (Å²) in [5.74, 6) is -0.655. The number of rotatable bonds is 0. The molecule has 15 heavy (non-hydrogen) atoms. The van der Waals surface area contributed by atoms with Crippen LogP contribution in [0.25, 0.3) is 10.8 Å². The lowest BCUT2D eigenvalue weighted by atomic mass is 10.0. The third-order valence-corrected chi connectivity index (χ3v) is 2.54. The predicted octanol–water partition coefficient (Wildman–Crippen LogP) is 1.52. The van der Waals surface area contributed by atoms with Crippen molar-refractivity contribution in [3.63, 3.8) is 0 Å². The van der Waals surface area contributed by atoms with E-state index in [-0.39, 0.29) is 11.8 Å². The minimum absolute atomic E-state index is 0.319. The van der Waals surface area contributed by atoms with Crippen molar-refractivity contribution in [3.05, 3.63) is 47.5 Å². The first-order chi connectivity index (χ1) is 7.27. The van der Waals surface area contributed by atoms with Gasteiger partial charge in [0.2, 0.25) is 0 Å². The Morgan fingerprint density at radius 2 is 1.87 bits per heavy atom. The molecule has 0 spiro atoms. The van der Waals surface area contributed by atoms with Crippen LogP contribution in [0.1, 0.15) is 20.7 Å². The van der Waals surface area contributed by atoms with E-state index in [0.29, 0.717) is 11.1 Å². The summed E-state index contributed by atoms with van der Waals surface area (Å²) < 4.78 is 0. The molecule has 3 rings (SSSR count). The van der Waals surface area contributed by atoms with Gasteiger partial charge in [0.15, 0.2) is 0 Å². The van der Waals surface area contributed by atoms with Gasteiger partial charge in [-0.25, -0.2) is 0 Å². The lowest BCUT2D eigenvalue weighted by Gasteiger charge is -2.00. The van der Waals surface area contributed by atoms with Crippen LogP contribution in [-0.2, 0) is 0 Å². The van der Waals surface area contributed by atoms with E-state index in [4.69, 9.17) is 0 Å². The Hall–Kier alpha value is -2.16. The van der Waals surface area contributed by atoms with Crippen molar-refractivity contribution in [2.75, 3.05) is 0 Å². The van der Waals surface area contributed by atoms with Crippen LogP contribution >= 0.6 is 0 Å². The van der Waals surface area contributed by atoms with Gasteiger partial charge in [-0.05, 0) is 22.9 Å². The summed E-state index contributed by atoms with van der Waals surface area (Å²) in [4.78, 5) is 22.9. The Morgan fingerprint density at radius 1 is 1.07 bits per heavy atom. The van der Waals surface area contributed by atoms with Crippen molar-refractivity contribution >= 4 is 22.6 Å². The smallest absolute Gasteiger partial charge is 0.259 e. The Kier molecular flexibility index (Phi) is 1.45. The number of fused-ring (bicyclic) bond motifs is 3. The van der Waals surface area contributed by atoms with Crippen LogP contribution in [0.2, 0.25) is 0 Å². The molecule has 0 fully saturated rings. The van der Waals surface area contributed by atoms with E-state index in [2.05, 4.69) is 11.4 Å². The Morgan fingerprint density at radius 3 is 2.73 bits per heavy atom. The maximum Gasteiger partial charge on any atom is 0.259 e. The minimum atomic E-state index is -0.336. The van der Waals surface area contributed by atoms with E-state index in [1.807, 2.05) is 24.3 Å². The summed E-state index contributed by atoms with van der Waals surface area (Å²) in [5.41, 5.74) is 0.882. The van der Waals surface area contributed by atoms with Gasteiger partial charge in [-0.15, -0.1) is 0 Å². The standard InChI is InChI=1S/C12H6NO2/c14-11-9-6-5-7-3-1-2-4-8(7)10(9)12(15)13-11/h1-4,6H,(H,13,14,15). The summed E-state index contributed by atoms with van der Waals surface area (Å²) in [6.07, 6.45) is 0. The number of hydrogen-bond acceptors (Lipinski definition) is 2. The lowest BCUT2D eigenvalue weighted by molar-refractivity contribution is 0.0880. The molecule has 0 saturated heterocycles. The largest absolute Gasteiger partial charge is 0.288 e. The van der Waals surface area contributed by atoms with E-state index in [0.717, 1.165) is 10.8 Å². The van der Waals surface area contributed by atoms with E-state index >= 15 is 0 Å². The molecule has 71 valence electrons. The first-order valence-electron chi connectivity index (χ1n) is 4.56. The SMILES string of the molecule is O=C1NC(=O)c2c1c[c]c1ccccc21. The van der Waals surface area contributed by atoms with Gasteiger partial charge >= 0.3 is 0 Å². The number of carbonyl (C=O) groups excluding carboxylic acids is 2. The number of imide groups is 1. The fraction of sp³-hybridized carbons (Fsp3) is 0. The molecule has 1 N–H and O–H groups in total. The number of benzene rings is 2. The maximum absolute atomic E-state index is 11.5. The normalized spacial score (nSPS) is 14.1. The molecule has 0 unspecified atom stereocenters. The van der Waals surface area contributed by atoms with Crippen LogP contribution < -0.4 is 5.32 Å².